The second-order valence-corrected chi connectivity index (χ2v) is 30.4. The van der Waals surface area contributed by atoms with E-state index in [0.29, 0.717) is 160 Å². The van der Waals surface area contributed by atoms with E-state index in [9.17, 15) is 42.1 Å². The zero-order chi connectivity index (χ0) is 85.1. The van der Waals surface area contributed by atoms with Crippen molar-refractivity contribution in [2.45, 2.75) is 12.4 Å². The molecule has 20 aromatic rings. The average Bonchev–Trinajstić information content (AvgIpc) is 1.54. The normalized spacial score (nSPS) is 11.6. The van der Waals surface area contributed by atoms with Crippen molar-refractivity contribution in [1.82, 2.24) is 18.3 Å². The molecule has 0 bridgehead atoms. The third-order valence-corrected chi connectivity index (χ3v) is 23.3. The Morgan fingerprint density at radius 1 is 0.169 bits per heavy atom. The first-order valence-electron chi connectivity index (χ1n) is 39.0. The molecule has 0 unspecified atom stereocenters. The first-order valence-corrected chi connectivity index (χ1v) is 39.0. The Kier molecular flexibility index (Phi) is 17.6. The maximum absolute atomic E-state index is 17.5. The number of halogens is 6. The van der Waals surface area contributed by atoms with E-state index in [2.05, 4.69) is 48.6 Å². The summed E-state index contributed by atoms with van der Waals surface area (Å²) < 4.78 is 111. The summed E-state index contributed by atoms with van der Waals surface area (Å²) in [4.78, 5) is 0. The van der Waals surface area contributed by atoms with Gasteiger partial charge in [-0.3, -0.25) is 0 Å². The number of para-hydroxylation sites is 3. The largest absolute Gasteiger partial charge is 0.420 e. The second-order valence-electron chi connectivity index (χ2n) is 30.4. The number of hydrogen-bond donors (Lipinski definition) is 0. The lowest BCUT2D eigenvalue weighted by molar-refractivity contribution is -0.138. The summed E-state index contributed by atoms with van der Waals surface area (Å²) in [6, 6.07) is 107. The van der Waals surface area contributed by atoms with E-state index >= 15 is 26.3 Å². The van der Waals surface area contributed by atoms with Crippen molar-refractivity contribution in [3.05, 3.63) is 371 Å². The van der Waals surface area contributed by atoms with Crippen LogP contribution >= 0.6 is 0 Å². The molecule has 12 nitrogen and oxygen atoms in total. The van der Waals surface area contributed by atoms with Gasteiger partial charge in [-0.15, -0.1) is 0 Å². The molecule has 18 heteroatoms. The minimum atomic E-state index is -5.13. The van der Waals surface area contributed by atoms with E-state index in [0.717, 1.165) is 0 Å². The van der Waals surface area contributed by atoms with Crippen molar-refractivity contribution in [2.75, 3.05) is 0 Å². The highest BCUT2D eigenvalue weighted by Gasteiger charge is 2.42. The minimum absolute atomic E-state index is 0.0911. The summed E-state index contributed by atoms with van der Waals surface area (Å²) in [5.41, 5.74) is 8.42. The summed E-state index contributed by atoms with van der Waals surface area (Å²) in [7, 11) is 0. The fraction of sp³-hybridized carbons (Fsp3) is 0.0189. The van der Waals surface area contributed by atoms with Gasteiger partial charge in [0.15, 0.2) is 0 Å². The minimum Gasteiger partial charge on any atom is -0.309 e. The predicted molar refractivity (Wildman–Crippen MR) is 470 cm³/mol. The number of nitrogens with zero attached hydrogens (tertiary/aromatic N) is 12. The highest BCUT2D eigenvalue weighted by atomic mass is 19.4. The number of rotatable bonds is 11. The summed E-state index contributed by atoms with van der Waals surface area (Å²) >= 11 is 0. The zero-order valence-corrected chi connectivity index (χ0v) is 64.7. The van der Waals surface area contributed by atoms with Gasteiger partial charge in [0.1, 0.15) is 11.1 Å². The van der Waals surface area contributed by atoms with Crippen molar-refractivity contribution in [3.8, 4) is 149 Å². The van der Waals surface area contributed by atoms with E-state index in [1.54, 1.807) is 176 Å². The molecule has 0 aliphatic rings. The molecule has 0 amide bonds. The standard InChI is InChI=1S/C106H52F6N12/c107-105(108,109)103-99(121-93-21-6-3-18-85(93)88-44-72(24-29-94(88)121)69-13-7-10-61(34-69)53-113)49-81(77-37-64(56-116)32-65(38-77)57-117)50-100(103)122-95-30-25-73(70-14-8-11-62(35-70)54-114)45-89(95)90-46-74(26-31-96(90)122)79-41-68(60-120)42-80(43-79)76-23-28-87-84-17-2-5-20-92(84)124(98(87)48-76)102-52-82(78-39-66(58-118)33-67(40-78)59-119)51-101(104(102)106(110,111)112)123-91-19-4-1-16-83(91)86-27-22-75(47-97(86)123)71-15-9-12-63(36-71)55-115/h1-52H. The van der Waals surface area contributed by atoms with E-state index in [-0.39, 0.29) is 72.8 Å². The maximum atomic E-state index is 17.5. The smallest absolute Gasteiger partial charge is 0.309 e. The molecule has 0 atom stereocenters. The summed E-state index contributed by atoms with van der Waals surface area (Å²) in [5.74, 6) is 0. The summed E-state index contributed by atoms with van der Waals surface area (Å²) in [5, 5.41) is 87.6. The lowest BCUT2D eigenvalue weighted by Gasteiger charge is -2.23. The molecule has 0 aliphatic carbocycles. The monoisotopic (exact) mass is 1610 g/mol. The van der Waals surface area contributed by atoms with Crippen LogP contribution in [0, 0.1) is 90.6 Å². The lowest BCUT2D eigenvalue weighted by Crippen LogP contribution is -2.16. The van der Waals surface area contributed by atoms with Crippen molar-refractivity contribution in [1.29, 1.82) is 42.1 Å². The van der Waals surface area contributed by atoms with Gasteiger partial charge in [0.25, 0.3) is 0 Å². The summed E-state index contributed by atoms with van der Waals surface area (Å²) in [6.45, 7) is 0. The van der Waals surface area contributed by atoms with Crippen LogP contribution in [-0.2, 0) is 12.4 Å². The Hall–Kier alpha value is -17.8. The molecule has 0 saturated carbocycles. The maximum Gasteiger partial charge on any atom is 0.420 e. The third kappa shape index (κ3) is 12.5. The molecular weight excluding hydrogens is 1560 g/mol. The molecule has 578 valence electrons. The van der Waals surface area contributed by atoms with E-state index in [1.165, 1.54) is 60.7 Å². The van der Waals surface area contributed by atoms with Crippen LogP contribution in [0.2, 0.25) is 0 Å². The molecule has 0 N–H and O–H groups in total. The Labute approximate surface area is 702 Å². The molecule has 0 fully saturated rings. The number of benzene rings is 16. The molecule has 0 saturated heterocycles. The Morgan fingerprint density at radius 2 is 0.395 bits per heavy atom. The quantitative estimate of drug-likeness (QED) is 0.113. The third-order valence-electron chi connectivity index (χ3n) is 23.3. The van der Waals surface area contributed by atoms with Gasteiger partial charge in [0, 0.05) is 43.1 Å². The molecule has 4 heterocycles. The van der Waals surface area contributed by atoms with Crippen LogP contribution in [0.4, 0.5) is 26.3 Å². The Morgan fingerprint density at radius 3 is 0.726 bits per heavy atom. The fourth-order valence-corrected chi connectivity index (χ4v) is 17.9. The van der Waals surface area contributed by atoms with Crippen molar-refractivity contribution in [2.24, 2.45) is 0 Å². The SMILES string of the molecule is N#Cc1cccc(-c2ccc3c(c2)c2ccccc2n3-c2cc(-c3cc(C#N)cc(C#N)c3)cc(-n3c4ccc(-c5cccc(C#N)c5)cc4c4cc(-c5cc(C#N)cc(-c6ccc7c8ccccc8n(-c8cc(-c9cc(C#N)cc(C#N)c9)cc(-n9c%10ccccc%10c%10ccc(-c%11cccc(C#N)c%11)cc%109)c8C(F)(F)F)c7c6)c5)ccc43)c2C(F)(F)F)c1. The molecular formula is C106H52F6N12. The van der Waals surface area contributed by atoms with Crippen LogP contribution in [-0.4, -0.2) is 18.3 Å². The fourth-order valence-electron chi connectivity index (χ4n) is 17.9. The number of fused-ring (bicyclic) bond motifs is 12. The Balaban J connectivity index is 0.815. The molecule has 0 spiro atoms. The zero-order valence-electron chi connectivity index (χ0n) is 64.7. The van der Waals surface area contributed by atoms with E-state index in [1.807, 2.05) is 97.1 Å². The Bertz CT molecular complexity index is 8420. The second kappa shape index (κ2) is 29.1. The van der Waals surface area contributed by atoms with Gasteiger partial charge in [-0.2, -0.15) is 68.4 Å². The van der Waals surface area contributed by atoms with Crippen molar-refractivity contribution in [3.63, 3.8) is 0 Å². The van der Waals surface area contributed by atoms with Gasteiger partial charge in [0.2, 0.25) is 0 Å². The molecule has 4 aromatic heterocycles. The van der Waals surface area contributed by atoms with Crippen molar-refractivity contribution >= 4 is 87.2 Å². The topological polar surface area (TPSA) is 210 Å². The van der Waals surface area contributed by atoms with Crippen LogP contribution in [0.15, 0.2) is 315 Å². The average molecular weight is 1610 g/mol. The van der Waals surface area contributed by atoms with Gasteiger partial charge in [-0.25, -0.2) is 0 Å². The highest BCUT2D eigenvalue weighted by molar-refractivity contribution is 6.16. The van der Waals surface area contributed by atoms with Crippen LogP contribution in [0.1, 0.15) is 55.6 Å². The number of alkyl halides is 6. The predicted octanol–water partition coefficient (Wildman–Crippen LogP) is 26.8. The summed E-state index contributed by atoms with van der Waals surface area (Å²) in [6.07, 6.45) is -10.3. The van der Waals surface area contributed by atoms with Crippen LogP contribution in [0.25, 0.3) is 188 Å². The van der Waals surface area contributed by atoms with Crippen LogP contribution in [0.5, 0.6) is 0 Å². The van der Waals surface area contributed by atoms with Crippen molar-refractivity contribution < 1.29 is 26.3 Å². The van der Waals surface area contributed by atoms with Gasteiger partial charge >= 0.3 is 12.4 Å². The van der Waals surface area contributed by atoms with E-state index < -0.39 is 23.5 Å². The van der Waals surface area contributed by atoms with Crippen LogP contribution < -0.4 is 0 Å². The first-order chi connectivity index (χ1) is 60.3. The van der Waals surface area contributed by atoms with Gasteiger partial charge in [0.05, 0.1) is 160 Å². The molecule has 16 aromatic carbocycles. The number of hydrogen-bond acceptors (Lipinski definition) is 8. The molecule has 0 aliphatic heterocycles. The van der Waals surface area contributed by atoms with Gasteiger partial charge < -0.3 is 18.3 Å². The van der Waals surface area contributed by atoms with E-state index in [4.69, 9.17) is 0 Å². The van der Waals surface area contributed by atoms with Gasteiger partial charge in [-0.1, -0.05) is 133 Å². The number of nitriles is 8. The van der Waals surface area contributed by atoms with Gasteiger partial charge in [-0.05, 0) is 260 Å². The molecule has 124 heavy (non-hydrogen) atoms. The number of aromatic nitrogens is 4. The van der Waals surface area contributed by atoms with Crippen LogP contribution in [0.3, 0.4) is 0 Å². The first kappa shape index (κ1) is 75.0. The molecule has 20 rings (SSSR count). The highest BCUT2D eigenvalue weighted by Crippen LogP contribution is 2.51. The lowest BCUT2D eigenvalue weighted by atomic mass is 9.94. The molecule has 0 radical (unpaired) electrons.